The van der Waals surface area contributed by atoms with Crippen molar-refractivity contribution in [3.63, 3.8) is 0 Å². The van der Waals surface area contributed by atoms with E-state index in [-0.39, 0.29) is 0 Å². The van der Waals surface area contributed by atoms with Crippen LogP contribution in [0.25, 0.3) is 116 Å². The maximum atomic E-state index is 8.84. The molecule has 0 saturated carbocycles. The minimum Gasteiger partial charge on any atom is -0.355 e. The summed E-state index contributed by atoms with van der Waals surface area (Å²) in [5.74, 6) is 0.739. The molecule has 0 unspecified atom stereocenters. The Kier molecular flexibility index (Phi) is 22.0. The van der Waals surface area contributed by atoms with Gasteiger partial charge in [0.1, 0.15) is 12.1 Å². The van der Waals surface area contributed by atoms with Crippen LogP contribution in [0.2, 0.25) is 0 Å². The average Bonchev–Trinajstić information content (AvgIpc) is 1.14. The number of pyridine rings is 6. The molecule has 115 heavy (non-hydrogen) atoms. The van der Waals surface area contributed by atoms with Crippen molar-refractivity contribution in [3.8, 4) is 68.8 Å². The second-order valence-electron chi connectivity index (χ2n) is 27.4. The van der Waals surface area contributed by atoms with Crippen molar-refractivity contribution < 1.29 is 0 Å². The monoisotopic (exact) mass is 1480 g/mol. The minimum absolute atomic E-state index is 0.402. The highest BCUT2D eigenvalue weighted by Gasteiger charge is 2.15. The highest BCUT2D eigenvalue weighted by Crippen LogP contribution is 2.37. The third-order valence-electron chi connectivity index (χ3n) is 19.9. The molecule has 19 rings (SSSR count). The van der Waals surface area contributed by atoms with E-state index in [4.69, 9.17) is 21.0 Å². The molecule has 0 saturated heterocycles. The summed E-state index contributed by atoms with van der Waals surface area (Å²) in [7, 11) is 0. The highest BCUT2D eigenvalue weighted by atomic mass is 15.0. The number of fused-ring (bicyclic) bond motifs is 7. The van der Waals surface area contributed by atoms with Crippen molar-refractivity contribution in [2.75, 3.05) is 21.3 Å². The number of nitriles is 4. The molecule has 1 aliphatic carbocycles. The van der Waals surface area contributed by atoms with Crippen molar-refractivity contribution in [2.24, 2.45) is 0 Å². The third-order valence-corrected chi connectivity index (χ3v) is 19.9. The van der Waals surface area contributed by atoms with Crippen LogP contribution in [0.3, 0.4) is 0 Å². The Bertz CT molecular complexity index is 6790. The number of para-hydroxylation sites is 1. The lowest BCUT2D eigenvalue weighted by atomic mass is 9.99. The molecule has 1 aliphatic rings. The number of benzene rings is 11. The molecule has 18 aromatic rings. The fraction of sp³-hybridized carbons (Fsp3) is 0.0505. The fourth-order valence-electron chi connectivity index (χ4n) is 14.0. The lowest BCUT2D eigenvalue weighted by molar-refractivity contribution is 1.21. The largest absolute Gasteiger partial charge is 0.355 e. The Morgan fingerprint density at radius 3 is 1.27 bits per heavy atom. The van der Waals surface area contributed by atoms with E-state index in [9.17, 15) is 0 Å². The number of hydrogen-bond donors (Lipinski definition) is 4. The van der Waals surface area contributed by atoms with Crippen LogP contribution in [0.1, 0.15) is 33.4 Å². The van der Waals surface area contributed by atoms with Crippen molar-refractivity contribution in [1.82, 2.24) is 39.9 Å². The van der Waals surface area contributed by atoms with Crippen molar-refractivity contribution >= 4 is 117 Å². The van der Waals surface area contributed by atoms with Gasteiger partial charge in [-0.05, 0) is 224 Å². The van der Waals surface area contributed by atoms with Crippen molar-refractivity contribution in [3.05, 3.63) is 368 Å². The SMILES string of the molecule is N#CCc1ccc(Nc2ccnc3ccc(-c4ccc5c(c4)C=CC5)cc23)cc1.N#CCc1ccc(Nc2ccnc3ccc(-c4ccncc4)cc23)cc1.N#CCc1ccc(Nc2ccnc3ccc(-c4cnc5ccccc5c4)cc23)cc1.N#CCc1ccc(Nc2ncnc3ccc(-c4cncc5ccccc45)cc23)cc1. The first kappa shape index (κ1) is 73.0. The lowest BCUT2D eigenvalue weighted by Gasteiger charge is -2.12. The first-order valence-corrected chi connectivity index (χ1v) is 37.5. The van der Waals surface area contributed by atoms with Gasteiger partial charge in [-0.15, -0.1) is 0 Å². The lowest BCUT2D eigenvalue weighted by Crippen LogP contribution is -1.96. The van der Waals surface area contributed by atoms with Gasteiger partial charge in [0.15, 0.2) is 0 Å². The number of aromatic nitrogens is 8. The summed E-state index contributed by atoms with van der Waals surface area (Å²) in [5, 5.41) is 56.7. The van der Waals surface area contributed by atoms with E-state index < -0.39 is 0 Å². The van der Waals surface area contributed by atoms with Gasteiger partial charge in [0, 0.05) is 133 Å². The van der Waals surface area contributed by atoms with E-state index in [2.05, 4.69) is 195 Å². The Labute approximate surface area is 664 Å². The average molecular weight is 1480 g/mol. The molecule has 7 heterocycles. The van der Waals surface area contributed by atoms with Crippen LogP contribution in [-0.4, -0.2) is 39.9 Å². The van der Waals surface area contributed by atoms with Gasteiger partial charge in [-0.2, -0.15) is 21.0 Å². The quantitative estimate of drug-likeness (QED) is 0.0702. The van der Waals surface area contributed by atoms with Crippen molar-refractivity contribution in [2.45, 2.75) is 32.1 Å². The van der Waals surface area contributed by atoms with Crippen LogP contribution in [0.15, 0.2) is 335 Å². The van der Waals surface area contributed by atoms with E-state index in [0.717, 1.165) is 173 Å². The Morgan fingerprint density at radius 2 is 0.739 bits per heavy atom. The van der Waals surface area contributed by atoms with Gasteiger partial charge in [-0.25, -0.2) is 9.97 Å². The van der Waals surface area contributed by atoms with E-state index in [1.54, 1.807) is 24.9 Å². The summed E-state index contributed by atoms with van der Waals surface area (Å²) in [6, 6.07) is 101. The van der Waals surface area contributed by atoms with Gasteiger partial charge in [-0.1, -0.05) is 140 Å². The van der Waals surface area contributed by atoms with Gasteiger partial charge < -0.3 is 21.3 Å². The molecule has 0 amide bonds. The summed E-state index contributed by atoms with van der Waals surface area (Å²) in [5.41, 5.74) is 27.2. The summed E-state index contributed by atoms with van der Waals surface area (Å²) in [4.78, 5) is 35.5. The zero-order chi connectivity index (χ0) is 78.1. The molecule has 0 bridgehead atoms. The molecule has 4 N–H and O–H groups in total. The standard InChI is InChI=1S/C26H18N4.C26H19N3.C25H17N5.C22H16N4/c27-13-11-18-5-8-22(9-6-18)30-26-12-14-28-25-10-7-19(16-23(25)26)21-15-20-3-1-2-4-24(20)29-17-21;27-14-12-18-4-9-23(10-5-18)29-26-13-15-28-25-11-8-22(17-24(25)26)21-7-6-19-2-1-3-20(19)16-21;26-12-11-17-5-8-20(9-6-17)30-25-22-13-18(7-10-24(22)28-16-29-25)23-15-27-14-19-3-1-2-4-21(19)23;23-11-7-16-1-4-19(5-2-16)26-22-10-14-25-21-6-3-18(15-20(21)22)17-8-12-24-13-9-17/h1-10,12,14-17H,11H2,(H,28,30);1,3-11,13,15-17H,2,12H2,(H,28,29);1-10,13-16H,11H2,(H,28,29,30);1-6,8-10,12-15H,7H2,(H,25,26). The zero-order valence-electron chi connectivity index (χ0n) is 62.2. The summed E-state index contributed by atoms with van der Waals surface area (Å²) >= 11 is 0. The number of allylic oxidation sites excluding steroid dienone is 1. The van der Waals surface area contributed by atoms with Gasteiger partial charge in [0.25, 0.3) is 0 Å². The number of anilines is 8. The van der Waals surface area contributed by atoms with Gasteiger partial charge in [0.2, 0.25) is 0 Å². The third kappa shape index (κ3) is 17.3. The molecule has 0 spiro atoms. The minimum atomic E-state index is 0.402. The predicted molar refractivity (Wildman–Crippen MR) is 464 cm³/mol. The zero-order valence-corrected chi connectivity index (χ0v) is 62.2. The Balaban J connectivity index is 0.000000115. The summed E-state index contributed by atoms with van der Waals surface area (Å²) in [6.07, 6.45) is 23.4. The van der Waals surface area contributed by atoms with Crippen LogP contribution in [0.4, 0.5) is 45.6 Å². The summed E-state index contributed by atoms with van der Waals surface area (Å²) < 4.78 is 0. The van der Waals surface area contributed by atoms with Crippen LogP contribution in [0.5, 0.6) is 0 Å². The second-order valence-corrected chi connectivity index (χ2v) is 27.4. The molecule has 0 atom stereocenters. The molecule has 0 aliphatic heterocycles. The predicted octanol–water partition coefficient (Wildman–Crippen LogP) is 23.3. The molecular formula is C99H70N16. The maximum Gasteiger partial charge on any atom is 0.141 e. The van der Waals surface area contributed by atoms with E-state index in [0.29, 0.717) is 25.7 Å². The normalized spacial score (nSPS) is 11.0. The van der Waals surface area contributed by atoms with Crippen LogP contribution in [-0.2, 0) is 32.1 Å². The van der Waals surface area contributed by atoms with E-state index in [1.807, 2.05) is 207 Å². The number of nitrogens with zero attached hydrogens (tertiary/aromatic N) is 12. The smallest absolute Gasteiger partial charge is 0.141 e. The first-order valence-electron chi connectivity index (χ1n) is 37.5. The molecule has 11 aromatic carbocycles. The number of hydrogen-bond acceptors (Lipinski definition) is 16. The van der Waals surface area contributed by atoms with Gasteiger partial charge in [-0.3, -0.25) is 29.9 Å². The van der Waals surface area contributed by atoms with E-state index >= 15 is 0 Å². The fourth-order valence-corrected chi connectivity index (χ4v) is 14.0. The van der Waals surface area contributed by atoms with Crippen LogP contribution < -0.4 is 21.3 Å². The molecule has 0 radical (unpaired) electrons. The molecule has 546 valence electrons. The Morgan fingerprint density at radius 1 is 0.296 bits per heavy atom. The molecular weight excluding hydrogens is 1410 g/mol. The number of rotatable bonds is 16. The second kappa shape index (κ2) is 34.6. The van der Waals surface area contributed by atoms with Crippen LogP contribution >= 0.6 is 0 Å². The number of nitrogens with one attached hydrogen (secondary N) is 4. The maximum absolute atomic E-state index is 8.84. The molecule has 16 nitrogen and oxygen atoms in total. The topological polar surface area (TPSA) is 246 Å². The van der Waals surface area contributed by atoms with Gasteiger partial charge >= 0.3 is 0 Å². The molecule has 16 heteroatoms. The van der Waals surface area contributed by atoms with E-state index in [1.165, 1.54) is 22.3 Å². The van der Waals surface area contributed by atoms with Crippen LogP contribution in [0, 0.1) is 45.3 Å². The molecule has 7 aromatic heterocycles. The van der Waals surface area contributed by atoms with Crippen molar-refractivity contribution in [1.29, 1.82) is 21.0 Å². The molecule has 0 fully saturated rings. The first-order chi connectivity index (χ1) is 56.7. The summed E-state index contributed by atoms with van der Waals surface area (Å²) in [6.45, 7) is 0. The Hall–Kier alpha value is -16.1. The highest BCUT2D eigenvalue weighted by molar-refractivity contribution is 6.02. The van der Waals surface area contributed by atoms with Gasteiger partial charge in [0.05, 0.1) is 77.5 Å².